The Bertz CT molecular complexity index is 377. The number of amides is 1. The number of aromatic nitrogens is 1. The summed E-state index contributed by atoms with van der Waals surface area (Å²) in [5, 5.41) is 3.31. The molecule has 0 atom stereocenters. The molecule has 3 nitrogen and oxygen atoms in total. The average Bonchev–Trinajstić information content (AvgIpc) is 3.08. The quantitative estimate of drug-likeness (QED) is 0.802. The molecule has 1 N–H and O–H groups in total. The van der Waals surface area contributed by atoms with Gasteiger partial charge in [0.2, 0.25) is 0 Å². The predicted octanol–water partition coefficient (Wildman–Crippen LogP) is 2.66. The summed E-state index contributed by atoms with van der Waals surface area (Å²) < 4.78 is 0. The van der Waals surface area contributed by atoms with Crippen LogP contribution in [0, 0.1) is 5.92 Å². The minimum Gasteiger partial charge on any atom is -0.352 e. The van der Waals surface area contributed by atoms with E-state index >= 15 is 0 Å². The lowest BCUT2D eigenvalue weighted by Gasteiger charge is -2.05. The van der Waals surface area contributed by atoms with Crippen molar-refractivity contribution in [3.63, 3.8) is 0 Å². The number of halogens is 1. The maximum absolute atomic E-state index is 11.7. The van der Waals surface area contributed by atoms with E-state index in [1.165, 1.54) is 25.5 Å². The van der Waals surface area contributed by atoms with Crippen LogP contribution >= 0.6 is 11.6 Å². The van der Waals surface area contributed by atoms with Crippen LogP contribution in [-0.2, 0) is 0 Å². The third kappa shape index (κ3) is 3.20. The van der Waals surface area contributed by atoms with Gasteiger partial charge in [-0.25, -0.2) is 0 Å². The molecule has 1 fully saturated rings. The second kappa shape index (κ2) is 5.30. The molecule has 0 saturated heterocycles. The van der Waals surface area contributed by atoms with Gasteiger partial charge in [0, 0.05) is 18.9 Å². The van der Waals surface area contributed by atoms with Gasteiger partial charge in [0.05, 0.1) is 10.6 Å². The number of hydrogen-bond donors (Lipinski definition) is 1. The van der Waals surface area contributed by atoms with Crippen LogP contribution in [0.15, 0.2) is 18.5 Å². The van der Waals surface area contributed by atoms with E-state index in [2.05, 4.69) is 10.3 Å². The summed E-state index contributed by atoms with van der Waals surface area (Å²) >= 11 is 5.89. The van der Waals surface area contributed by atoms with Crippen molar-refractivity contribution in [2.24, 2.45) is 5.92 Å². The Balaban J connectivity index is 1.76. The van der Waals surface area contributed by atoms with Crippen LogP contribution < -0.4 is 5.32 Å². The molecule has 16 heavy (non-hydrogen) atoms. The summed E-state index contributed by atoms with van der Waals surface area (Å²) in [4.78, 5) is 15.6. The van der Waals surface area contributed by atoms with E-state index in [4.69, 9.17) is 11.6 Å². The van der Waals surface area contributed by atoms with E-state index in [0.717, 1.165) is 18.9 Å². The zero-order valence-corrected chi connectivity index (χ0v) is 9.83. The number of carbonyl (C=O) groups excluding carboxylic acids is 1. The Morgan fingerprint density at radius 3 is 3.06 bits per heavy atom. The molecule has 2 rings (SSSR count). The lowest BCUT2D eigenvalue weighted by atomic mass is 10.2. The third-order valence-corrected chi connectivity index (χ3v) is 3.11. The molecule has 1 amide bonds. The van der Waals surface area contributed by atoms with Crippen molar-refractivity contribution in [2.45, 2.75) is 25.7 Å². The number of nitrogens with one attached hydrogen (secondary N) is 1. The summed E-state index contributed by atoms with van der Waals surface area (Å²) in [6.45, 7) is 0.723. The van der Waals surface area contributed by atoms with E-state index < -0.39 is 0 Å². The topological polar surface area (TPSA) is 42.0 Å². The van der Waals surface area contributed by atoms with Crippen molar-refractivity contribution in [3.8, 4) is 0 Å². The maximum Gasteiger partial charge on any atom is 0.254 e. The van der Waals surface area contributed by atoms with Crippen molar-refractivity contribution in [2.75, 3.05) is 6.54 Å². The molecule has 4 heteroatoms. The molecule has 1 aliphatic carbocycles. The van der Waals surface area contributed by atoms with Crippen LogP contribution in [0.1, 0.15) is 36.0 Å². The van der Waals surface area contributed by atoms with Crippen molar-refractivity contribution < 1.29 is 4.79 Å². The van der Waals surface area contributed by atoms with E-state index in [-0.39, 0.29) is 5.91 Å². The molecule has 0 aromatic carbocycles. The normalized spacial score (nSPS) is 14.8. The van der Waals surface area contributed by atoms with Gasteiger partial charge in [-0.15, -0.1) is 0 Å². The van der Waals surface area contributed by atoms with E-state index in [1.807, 2.05) is 0 Å². The summed E-state index contributed by atoms with van der Waals surface area (Å²) in [6.07, 6.45) is 8.07. The van der Waals surface area contributed by atoms with Gasteiger partial charge in [0.1, 0.15) is 0 Å². The summed E-state index contributed by atoms with van der Waals surface area (Å²) in [5.74, 6) is 0.785. The van der Waals surface area contributed by atoms with Crippen molar-refractivity contribution in [3.05, 3.63) is 29.0 Å². The molecule has 1 aromatic rings. The Kier molecular flexibility index (Phi) is 3.78. The third-order valence-electron chi connectivity index (χ3n) is 2.78. The Labute approximate surface area is 100 Å². The van der Waals surface area contributed by atoms with Gasteiger partial charge in [0.25, 0.3) is 5.91 Å². The first-order valence-corrected chi connectivity index (χ1v) is 6.03. The molecule has 86 valence electrons. The first-order valence-electron chi connectivity index (χ1n) is 5.65. The molecule has 0 spiro atoms. The SMILES string of the molecule is O=C(NCCCC1CC1)c1cnccc1Cl. The van der Waals surface area contributed by atoms with E-state index in [1.54, 1.807) is 12.3 Å². The van der Waals surface area contributed by atoms with Gasteiger partial charge >= 0.3 is 0 Å². The largest absolute Gasteiger partial charge is 0.352 e. The number of carbonyl (C=O) groups is 1. The van der Waals surface area contributed by atoms with Crippen molar-refractivity contribution >= 4 is 17.5 Å². The zero-order valence-electron chi connectivity index (χ0n) is 9.08. The van der Waals surface area contributed by atoms with E-state index in [0.29, 0.717) is 10.6 Å². The molecular formula is C12H15ClN2O. The summed E-state index contributed by atoms with van der Waals surface area (Å²) in [5.41, 5.74) is 0.454. The number of rotatable bonds is 5. The van der Waals surface area contributed by atoms with Gasteiger partial charge in [-0.05, 0) is 24.8 Å². The highest BCUT2D eigenvalue weighted by Gasteiger charge is 2.20. The lowest BCUT2D eigenvalue weighted by Crippen LogP contribution is -2.24. The molecular weight excluding hydrogens is 224 g/mol. The maximum atomic E-state index is 11.7. The standard InChI is InChI=1S/C12H15ClN2O/c13-11-5-7-14-8-10(11)12(16)15-6-1-2-9-3-4-9/h5,7-9H,1-4,6H2,(H,15,16). The molecule has 1 aromatic heterocycles. The lowest BCUT2D eigenvalue weighted by molar-refractivity contribution is 0.0952. The predicted molar refractivity (Wildman–Crippen MR) is 63.5 cm³/mol. The number of nitrogens with zero attached hydrogens (tertiary/aromatic N) is 1. The molecule has 0 aliphatic heterocycles. The second-order valence-electron chi connectivity index (χ2n) is 4.20. The smallest absolute Gasteiger partial charge is 0.254 e. The van der Waals surface area contributed by atoms with Gasteiger partial charge < -0.3 is 5.32 Å². The van der Waals surface area contributed by atoms with Crippen LogP contribution in [0.2, 0.25) is 5.02 Å². The Morgan fingerprint density at radius 1 is 1.56 bits per heavy atom. The zero-order chi connectivity index (χ0) is 11.4. The molecule has 0 unspecified atom stereocenters. The first-order chi connectivity index (χ1) is 7.77. The van der Waals surface area contributed by atoms with Crippen molar-refractivity contribution in [1.82, 2.24) is 10.3 Å². The fraction of sp³-hybridized carbons (Fsp3) is 0.500. The van der Waals surface area contributed by atoms with E-state index in [9.17, 15) is 4.79 Å². The monoisotopic (exact) mass is 238 g/mol. The first kappa shape index (κ1) is 11.4. The van der Waals surface area contributed by atoms with Gasteiger partial charge in [-0.1, -0.05) is 24.4 Å². The Hall–Kier alpha value is -1.09. The minimum absolute atomic E-state index is 0.131. The van der Waals surface area contributed by atoms with Crippen LogP contribution in [-0.4, -0.2) is 17.4 Å². The molecule has 0 bridgehead atoms. The van der Waals surface area contributed by atoms with Crippen molar-refractivity contribution in [1.29, 1.82) is 0 Å². The fourth-order valence-electron chi connectivity index (χ4n) is 1.64. The van der Waals surface area contributed by atoms with Gasteiger partial charge in [0.15, 0.2) is 0 Å². The fourth-order valence-corrected chi connectivity index (χ4v) is 1.83. The number of pyridine rings is 1. The second-order valence-corrected chi connectivity index (χ2v) is 4.60. The van der Waals surface area contributed by atoms with Crippen LogP contribution in [0.25, 0.3) is 0 Å². The summed E-state index contributed by atoms with van der Waals surface area (Å²) in [7, 11) is 0. The highest BCUT2D eigenvalue weighted by molar-refractivity contribution is 6.33. The van der Waals surface area contributed by atoms with Gasteiger partial charge in [-0.3, -0.25) is 9.78 Å². The highest BCUT2D eigenvalue weighted by Crippen LogP contribution is 2.33. The number of hydrogen-bond acceptors (Lipinski definition) is 2. The van der Waals surface area contributed by atoms with Gasteiger partial charge in [-0.2, -0.15) is 0 Å². The van der Waals surface area contributed by atoms with Crippen LogP contribution in [0.3, 0.4) is 0 Å². The molecule has 1 saturated carbocycles. The summed E-state index contributed by atoms with van der Waals surface area (Å²) in [6, 6.07) is 1.63. The van der Waals surface area contributed by atoms with Crippen LogP contribution in [0.4, 0.5) is 0 Å². The highest BCUT2D eigenvalue weighted by atomic mass is 35.5. The van der Waals surface area contributed by atoms with Crippen LogP contribution in [0.5, 0.6) is 0 Å². The molecule has 1 heterocycles. The minimum atomic E-state index is -0.131. The average molecular weight is 239 g/mol. The Morgan fingerprint density at radius 2 is 2.38 bits per heavy atom. The molecule has 1 aliphatic rings. The molecule has 0 radical (unpaired) electrons.